The second kappa shape index (κ2) is 5.81. The Morgan fingerprint density at radius 2 is 1.33 bits per heavy atom. The van der Waals surface area contributed by atoms with Crippen LogP contribution in [-0.4, -0.2) is 12.1 Å². The smallest absolute Gasteiger partial charge is 0.446 e. The summed E-state index contributed by atoms with van der Waals surface area (Å²) in [6.45, 7) is 0. The summed E-state index contributed by atoms with van der Waals surface area (Å²) in [5, 5.41) is 0. The molecule has 0 radical (unpaired) electrons. The van der Waals surface area contributed by atoms with Crippen molar-refractivity contribution in [3.05, 3.63) is 54.1 Å². The molecule has 3 nitrogen and oxygen atoms in total. The van der Waals surface area contributed by atoms with E-state index in [0.29, 0.717) is 0 Å². The van der Waals surface area contributed by atoms with Crippen LogP contribution in [0.2, 0.25) is 0 Å². The third kappa shape index (κ3) is 2.81. The van der Waals surface area contributed by atoms with Crippen molar-refractivity contribution in [2.75, 3.05) is 11.5 Å². The van der Waals surface area contributed by atoms with Gasteiger partial charge in [0.2, 0.25) is 0 Å². The van der Waals surface area contributed by atoms with Crippen LogP contribution in [0.25, 0.3) is 0 Å². The predicted octanol–water partition coefficient (Wildman–Crippen LogP) is 4.25. The highest BCUT2D eigenvalue weighted by molar-refractivity contribution is 5.70. The minimum atomic E-state index is -6.20. The van der Waals surface area contributed by atoms with E-state index in [0.717, 1.165) is 30.3 Å². The van der Waals surface area contributed by atoms with Gasteiger partial charge in [-0.25, -0.2) is 0 Å². The van der Waals surface area contributed by atoms with Crippen LogP contribution < -0.4 is 16.2 Å². The zero-order valence-electron chi connectivity index (χ0n) is 11.9. The van der Waals surface area contributed by atoms with E-state index in [4.69, 9.17) is 11.5 Å². The van der Waals surface area contributed by atoms with Gasteiger partial charge >= 0.3 is 18.0 Å². The van der Waals surface area contributed by atoms with Crippen molar-refractivity contribution < 1.29 is 31.1 Å². The number of hydrogen-bond acceptors (Lipinski definition) is 3. The van der Waals surface area contributed by atoms with E-state index in [1.54, 1.807) is 0 Å². The summed E-state index contributed by atoms with van der Waals surface area (Å²) in [5.41, 5.74) is 9.29. The maximum atomic E-state index is 15.0. The lowest BCUT2D eigenvalue weighted by molar-refractivity contribution is -0.371. The highest BCUT2D eigenvalue weighted by Gasteiger charge is 2.74. The number of ether oxygens (including phenoxy) is 1. The minimum absolute atomic E-state index is 0.154. The number of nitrogens with two attached hydrogens (primary N) is 2. The number of hydrogen-bond donors (Lipinski definition) is 2. The van der Waals surface area contributed by atoms with Crippen molar-refractivity contribution in [2.45, 2.75) is 18.0 Å². The van der Waals surface area contributed by atoms with Crippen LogP contribution in [0.15, 0.2) is 48.5 Å². The zero-order chi connectivity index (χ0) is 18.2. The molecule has 0 aliphatic heterocycles. The summed E-state index contributed by atoms with van der Waals surface area (Å²) in [7, 11) is 0. The first-order valence-electron chi connectivity index (χ1n) is 6.52. The van der Waals surface area contributed by atoms with Gasteiger partial charge in [0.1, 0.15) is 5.75 Å². The van der Waals surface area contributed by atoms with Gasteiger partial charge in [-0.1, -0.05) is 36.4 Å². The molecule has 0 spiro atoms. The average molecular weight is 350 g/mol. The first-order valence-corrected chi connectivity index (χ1v) is 6.52. The quantitative estimate of drug-likeness (QED) is 0.640. The Hall–Kier alpha value is -2.58. The van der Waals surface area contributed by atoms with Gasteiger partial charge in [-0.15, -0.1) is 0 Å². The van der Waals surface area contributed by atoms with Crippen LogP contribution in [0.1, 0.15) is 5.56 Å². The molecule has 130 valence electrons. The zero-order valence-corrected chi connectivity index (χ0v) is 11.9. The molecule has 0 amide bonds. The molecule has 0 heterocycles. The van der Waals surface area contributed by atoms with E-state index >= 15 is 4.39 Å². The van der Waals surface area contributed by atoms with Crippen molar-refractivity contribution in [3.8, 4) is 5.75 Å². The number of anilines is 2. The van der Waals surface area contributed by atoms with E-state index in [-0.39, 0.29) is 5.69 Å². The Bertz CT molecular complexity index is 720. The molecule has 0 aliphatic carbocycles. The summed E-state index contributed by atoms with van der Waals surface area (Å²) in [5.74, 6) is -11.1. The molecule has 0 fully saturated rings. The van der Waals surface area contributed by atoms with Crippen LogP contribution >= 0.6 is 0 Å². The second-order valence-electron chi connectivity index (χ2n) is 4.89. The van der Waals surface area contributed by atoms with Crippen LogP contribution in [0.3, 0.4) is 0 Å². The third-order valence-electron chi connectivity index (χ3n) is 3.26. The molecular formula is C15H12F6N2O. The molecule has 24 heavy (non-hydrogen) atoms. The molecule has 0 aromatic heterocycles. The van der Waals surface area contributed by atoms with Gasteiger partial charge in [-0.2, -0.15) is 26.3 Å². The number of benzene rings is 2. The maximum Gasteiger partial charge on any atom is 0.461 e. The lowest BCUT2D eigenvalue weighted by atomic mass is 10.00. The molecule has 0 saturated heterocycles. The molecule has 2 aromatic rings. The first-order chi connectivity index (χ1) is 11.0. The lowest BCUT2D eigenvalue weighted by Gasteiger charge is -2.35. The molecule has 1 atom stereocenters. The minimum Gasteiger partial charge on any atom is -0.446 e. The van der Waals surface area contributed by atoms with Crippen LogP contribution in [0.5, 0.6) is 5.75 Å². The summed E-state index contributed by atoms with van der Waals surface area (Å²) in [4.78, 5) is 0. The van der Waals surface area contributed by atoms with Gasteiger partial charge in [-0.3, -0.25) is 0 Å². The van der Waals surface area contributed by atoms with Crippen molar-refractivity contribution >= 4 is 11.4 Å². The summed E-state index contributed by atoms with van der Waals surface area (Å²) >= 11 is 0. The molecule has 2 rings (SSSR count). The van der Waals surface area contributed by atoms with Gasteiger partial charge in [0.05, 0.1) is 11.4 Å². The van der Waals surface area contributed by atoms with Crippen molar-refractivity contribution in [1.29, 1.82) is 0 Å². The van der Waals surface area contributed by atoms with E-state index in [1.165, 1.54) is 18.2 Å². The SMILES string of the molecule is Nc1cccc(OC(F)(c2ccccc2)C(F)(F)C(F)(F)F)c1N. The van der Waals surface area contributed by atoms with Gasteiger partial charge in [0, 0.05) is 5.56 Å². The molecule has 4 N–H and O–H groups in total. The van der Waals surface area contributed by atoms with Gasteiger partial charge in [0.15, 0.2) is 0 Å². The number of halogens is 6. The summed E-state index contributed by atoms with van der Waals surface area (Å²) in [6, 6.07) is 8.40. The number of alkyl halides is 6. The number of para-hydroxylation sites is 1. The Kier molecular flexibility index (Phi) is 4.30. The van der Waals surface area contributed by atoms with E-state index in [2.05, 4.69) is 4.74 Å². The molecule has 2 aromatic carbocycles. The number of nitrogen functional groups attached to an aromatic ring is 2. The monoisotopic (exact) mass is 350 g/mol. The topological polar surface area (TPSA) is 61.3 Å². The Labute approximate surface area is 132 Å². The van der Waals surface area contributed by atoms with E-state index in [1.807, 2.05) is 0 Å². The van der Waals surface area contributed by atoms with Gasteiger partial charge < -0.3 is 16.2 Å². The Morgan fingerprint density at radius 1 is 0.750 bits per heavy atom. The van der Waals surface area contributed by atoms with Crippen LogP contribution in [0.4, 0.5) is 37.7 Å². The molecule has 0 saturated carbocycles. The molecule has 0 aliphatic rings. The van der Waals surface area contributed by atoms with Gasteiger partial charge in [-0.05, 0) is 12.1 Å². The number of rotatable bonds is 4. The molecular weight excluding hydrogens is 338 g/mol. The Balaban J connectivity index is 2.62. The normalized spacial score (nSPS) is 14.9. The highest BCUT2D eigenvalue weighted by atomic mass is 19.4. The second-order valence-corrected chi connectivity index (χ2v) is 4.89. The molecule has 1 unspecified atom stereocenters. The summed E-state index contributed by atoms with van der Waals surface area (Å²) < 4.78 is 85.5. The third-order valence-corrected chi connectivity index (χ3v) is 3.26. The van der Waals surface area contributed by atoms with E-state index in [9.17, 15) is 22.0 Å². The largest absolute Gasteiger partial charge is 0.461 e. The average Bonchev–Trinajstić information content (AvgIpc) is 2.51. The molecule has 9 heteroatoms. The fourth-order valence-corrected chi connectivity index (χ4v) is 1.94. The van der Waals surface area contributed by atoms with Crippen molar-refractivity contribution in [3.63, 3.8) is 0 Å². The summed E-state index contributed by atoms with van der Waals surface area (Å²) in [6.07, 6.45) is -6.20. The fraction of sp³-hybridized carbons (Fsp3) is 0.200. The predicted molar refractivity (Wildman–Crippen MR) is 76.1 cm³/mol. The lowest BCUT2D eigenvalue weighted by Crippen LogP contribution is -2.55. The van der Waals surface area contributed by atoms with E-state index < -0.39 is 35.0 Å². The van der Waals surface area contributed by atoms with Crippen LogP contribution in [-0.2, 0) is 5.85 Å². The van der Waals surface area contributed by atoms with Crippen molar-refractivity contribution in [1.82, 2.24) is 0 Å². The molecule has 0 bridgehead atoms. The van der Waals surface area contributed by atoms with Crippen molar-refractivity contribution in [2.24, 2.45) is 0 Å². The van der Waals surface area contributed by atoms with Gasteiger partial charge in [0.25, 0.3) is 0 Å². The first kappa shape index (κ1) is 17.8. The standard InChI is InChI=1S/C15H12F6N2O/c16-13(9-5-2-1-3-6-9,14(17,18)15(19,20)21)24-11-8-4-7-10(22)12(11)23/h1-8H,22-23H2. The fourth-order valence-electron chi connectivity index (χ4n) is 1.94. The maximum absolute atomic E-state index is 15.0. The highest BCUT2D eigenvalue weighted by Crippen LogP contribution is 2.52. The van der Waals surface area contributed by atoms with Crippen LogP contribution in [0, 0.1) is 0 Å². The Morgan fingerprint density at radius 3 is 1.88 bits per heavy atom.